The summed E-state index contributed by atoms with van der Waals surface area (Å²) in [6.07, 6.45) is 0. The number of thioether (sulfide) groups is 1. The average Bonchev–Trinajstić information content (AvgIpc) is 2.44. The van der Waals surface area contributed by atoms with E-state index in [1.165, 1.54) is 11.8 Å². The minimum Gasteiger partial charge on any atom is -0.398 e. The highest BCUT2D eigenvalue weighted by molar-refractivity contribution is 9.10. The number of amides is 1. The number of carbonyl (C=O) groups excluding carboxylic acids is 1. The van der Waals surface area contributed by atoms with E-state index in [4.69, 9.17) is 28.9 Å². The van der Waals surface area contributed by atoms with Crippen LogP contribution in [0.5, 0.6) is 0 Å². The van der Waals surface area contributed by atoms with E-state index in [1.54, 1.807) is 24.3 Å². The number of nitrogens with one attached hydrogen (secondary N) is 1. The van der Waals surface area contributed by atoms with E-state index in [9.17, 15) is 4.79 Å². The van der Waals surface area contributed by atoms with Crippen LogP contribution >= 0.6 is 50.9 Å². The van der Waals surface area contributed by atoms with E-state index in [-0.39, 0.29) is 11.7 Å². The molecule has 0 aliphatic heterocycles. The van der Waals surface area contributed by atoms with Gasteiger partial charge in [-0.2, -0.15) is 0 Å². The second kappa shape index (κ2) is 7.40. The van der Waals surface area contributed by atoms with Gasteiger partial charge in [0.25, 0.3) is 0 Å². The smallest absolute Gasteiger partial charge is 0.234 e. The van der Waals surface area contributed by atoms with Crippen LogP contribution in [0, 0.1) is 0 Å². The topological polar surface area (TPSA) is 55.1 Å². The molecule has 1 amide bonds. The van der Waals surface area contributed by atoms with Crippen LogP contribution in [0.25, 0.3) is 0 Å². The van der Waals surface area contributed by atoms with Gasteiger partial charge in [-0.25, -0.2) is 0 Å². The van der Waals surface area contributed by atoms with Gasteiger partial charge < -0.3 is 11.1 Å². The Hall–Kier alpha value is -0.880. The molecular weight excluding hydrogens is 395 g/mol. The molecule has 0 saturated carbocycles. The maximum Gasteiger partial charge on any atom is 0.234 e. The predicted octanol–water partition coefficient (Wildman–Crippen LogP) is 5.07. The minimum atomic E-state index is -0.177. The van der Waals surface area contributed by atoms with Crippen LogP contribution in [0.3, 0.4) is 0 Å². The van der Waals surface area contributed by atoms with Gasteiger partial charge in [0, 0.05) is 20.1 Å². The highest BCUT2D eigenvalue weighted by atomic mass is 79.9. The molecule has 0 atom stereocenters. The molecule has 0 aliphatic carbocycles. The molecule has 3 N–H and O–H groups in total. The maximum absolute atomic E-state index is 12.0. The summed E-state index contributed by atoms with van der Waals surface area (Å²) >= 11 is 16.6. The first-order valence-corrected chi connectivity index (χ1v) is 8.42. The monoisotopic (exact) mass is 404 g/mol. The van der Waals surface area contributed by atoms with Gasteiger partial charge >= 0.3 is 0 Å². The molecule has 0 bridgehead atoms. The number of anilines is 2. The number of hydrogen-bond donors (Lipinski definition) is 2. The minimum absolute atomic E-state index is 0.177. The summed E-state index contributed by atoms with van der Waals surface area (Å²) in [5.41, 5.74) is 6.99. The number of nitrogens with two attached hydrogens (primary N) is 1. The van der Waals surface area contributed by atoms with Crippen molar-refractivity contribution in [2.24, 2.45) is 0 Å². The largest absolute Gasteiger partial charge is 0.398 e. The zero-order valence-corrected chi connectivity index (χ0v) is 14.6. The molecule has 21 heavy (non-hydrogen) atoms. The first-order valence-electron chi connectivity index (χ1n) is 5.88. The SMILES string of the molecule is Nc1ccc(Br)cc1SCC(=O)Nc1cc(Cl)ccc1Cl. The summed E-state index contributed by atoms with van der Waals surface area (Å²) in [6.45, 7) is 0. The van der Waals surface area contributed by atoms with Crippen molar-refractivity contribution in [2.75, 3.05) is 16.8 Å². The molecular formula is C14H11BrCl2N2OS. The molecule has 0 saturated heterocycles. The van der Waals surface area contributed by atoms with Crippen LogP contribution in [-0.2, 0) is 4.79 Å². The summed E-state index contributed by atoms with van der Waals surface area (Å²) in [5, 5.41) is 3.68. The second-order valence-corrected chi connectivity index (χ2v) is 6.92. The molecule has 0 fully saturated rings. The Bertz CT molecular complexity index is 682. The number of carbonyl (C=O) groups is 1. The average molecular weight is 406 g/mol. The lowest BCUT2D eigenvalue weighted by atomic mass is 10.3. The van der Waals surface area contributed by atoms with Crippen LogP contribution in [0.1, 0.15) is 0 Å². The van der Waals surface area contributed by atoms with Crippen molar-refractivity contribution in [1.29, 1.82) is 0 Å². The van der Waals surface area contributed by atoms with Gasteiger partial charge in [0.1, 0.15) is 0 Å². The molecule has 3 nitrogen and oxygen atoms in total. The van der Waals surface area contributed by atoms with Crippen molar-refractivity contribution >= 4 is 68.2 Å². The van der Waals surface area contributed by atoms with Gasteiger partial charge in [0.05, 0.1) is 16.5 Å². The highest BCUT2D eigenvalue weighted by Gasteiger charge is 2.09. The van der Waals surface area contributed by atoms with Gasteiger partial charge in [0.2, 0.25) is 5.91 Å². The lowest BCUT2D eigenvalue weighted by Crippen LogP contribution is -2.14. The molecule has 0 unspecified atom stereocenters. The van der Waals surface area contributed by atoms with Crippen molar-refractivity contribution in [1.82, 2.24) is 0 Å². The van der Waals surface area contributed by atoms with Crippen LogP contribution in [0.15, 0.2) is 45.8 Å². The molecule has 2 aromatic carbocycles. The Balaban J connectivity index is 1.99. The van der Waals surface area contributed by atoms with Crippen LogP contribution in [0.4, 0.5) is 11.4 Å². The lowest BCUT2D eigenvalue weighted by molar-refractivity contribution is -0.113. The molecule has 0 aliphatic rings. The molecule has 7 heteroatoms. The lowest BCUT2D eigenvalue weighted by Gasteiger charge is -2.09. The standard InChI is InChI=1S/C14H11BrCl2N2OS/c15-8-1-4-11(18)13(5-8)21-7-14(20)19-12-6-9(16)2-3-10(12)17/h1-6H,7,18H2,(H,19,20). The number of rotatable bonds is 4. The molecule has 0 spiro atoms. The van der Waals surface area contributed by atoms with E-state index in [1.807, 2.05) is 12.1 Å². The van der Waals surface area contributed by atoms with Crippen LogP contribution < -0.4 is 11.1 Å². The molecule has 2 aromatic rings. The van der Waals surface area contributed by atoms with Crippen LogP contribution in [-0.4, -0.2) is 11.7 Å². The van der Waals surface area contributed by atoms with Gasteiger partial charge in [-0.3, -0.25) is 4.79 Å². The van der Waals surface area contributed by atoms with Gasteiger partial charge in [-0.05, 0) is 36.4 Å². The first kappa shape index (κ1) is 16.5. The van der Waals surface area contributed by atoms with Gasteiger partial charge in [-0.1, -0.05) is 39.1 Å². The molecule has 0 aromatic heterocycles. The molecule has 0 radical (unpaired) electrons. The summed E-state index contributed by atoms with van der Waals surface area (Å²) in [4.78, 5) is 12.8. The third-order valence-electron chi connectivity index (χ3n) is 2.54. The Morgan fingerprint density at radius 2 is 2.00 bits per heavy atom. The van der Waals surface area contributed by atoms with E-state index in [0.29, 0.717) is 21.4 Å². The quantitative estimate of drug-likeness (QED) is 0.551. The molecule has 110 valence electrons. The number of benzene rings is 2. The molecule has 0 heterocycles. The predicted molar refractivity (Wildman–Crippen MR) is 94.4 cm³/mol. The fraction of sp³-hybridized carbons (Fsp3) is 0.0714. The van der Waals surface area contributed by atoms with E-state index >= 15 is 0 Å². The van der Waals surface area contributed by atoms with Gasteiger partial charge in [0.15, 0.2) is 0 Å². The fourth-order valence-corrected chi connectivity index (χ4v) is 3.21. The van der Waals surface area contributed by atoms with Gasteiger partial charge in [-0.15, -0.1) is 11.8 Å². The van der Waals surface area contributed by atoms with E-state index in [0.717, 1.165) is 9.37 Å². The Labute approximate surface area is 145 Å². The first-order chi connectivity index (χ1) is 9.95. The summed E-state index contributed by atoms with van der Waals surface area (Å²) in [7, 11) is 0. The third-order valence-corrected chi connectivity index (χ3v) is 4.67. The van der Waals surface area contributed by atoms with Crippen molar-refractivity contribution in [3.8, 4) is 0 Å². The zero-order valence-electron chi connectivity index (χ0n) is 10.7. The van der Waals surface area contributed by atoms with Crippen molar-refractivity contribution in [3.63, 3.8) is 0 Å². The number of halogens is 3. The van der Waals surface area contributed by atoms with Crippen molar-refractivity contribution < 1.29 is 4.79 Å². The number of hydrogen-bond acceptors (Lipinski definition) is 3. The number of nitrogen functional groups attached to an aromatic ring is 1. The van der Waals surface area contributed by atoms with E-state index < -0.39 is 0 Å². The maximum atomic E-state index is 12.0. The van der Waals surface area contributed by atoms with E-state index in [2.05, 4.69) is 21.2 Å². The second-order valence-electron chi connectivity index (χ2n) is 4.14. The Morgan fingerprint density at radius 3 is 2.76 bits per heavy atom. The Morgan fingerprint density at radius 1 is 1.24 bits per heavy atom. The fourth-order valence-electron chi connectivity index (χ4n) is 1.56. The van der Waals surface area contributed by atoms with Crippen molar-refractivity contribution in [2.45, 2.75) is 4.90 Å². The summed E-state index contributed by atoms with van der Waals surface area (Å²) in [5.74, 6) is 0.0484. The third kappa shape index (κ3) is 4.81. The van der Waals surface area contributed by atoms with Crippen LogP contribution in [0.2, 0.25) is 10.0 Å². The highest BCUT2D eigenvalue weighted by Crippen LogP contribution is 2.29. The Kier molecular flexibility index (Phi) is 5.81. The summed E-state index contributed by atoms with van der Waals surface area (Å²) in [6, 6.07) is 10.4. The van der Waals surface area contributed by atoms with Crippen molar-refractivity contribution in [3.05, 3.63) is 50.9 Å². The normalized spacial score (nSPS) is 10.4. The zero-order chi connectivity index (χ0) is 15.4. The summed E-state index contributed by atoms with van der Waals surface area (Å²) < 4.78 is 0.914. The molecule has 2 rings (SSSR count).